The Kier molecular flexibility index (Phi) is 4.61. The van der Waals surface area contributed by atoms with Crippen molar-refractivity contribution < 1.29 is 5.11 Å². The van der Waals surface area contributed by atoms with Crippen molar-refractivity contribution in [3.8, 4) is 6.07 Å². The summed E-state index contributed by atoms with van der Waals surface area (Å²) >= 11 is 0. The Morgan fingerprint density at radius 1 is 1.58 bits per heavy atom. The Labute approximate surface area is 74.5 Å². The molecule has 0 aliphatic rings. The highest BCUT2D eigenvalue weighted by atomic mass is 16.3. The van der Waals surface area contributed by atoms with Crippen LogP contribution in [0.25, 0.3) is 0 Å². The van der Waals surface area contributed by atoms with Gasteiger partial charge in [-0.2, -0.15) is 5.26 Å². The lowest BCUT2D eigenvalue weighted by atomic mass is 9.99. The maximum absolute atomic E-state index is 9.38. The van der Waals surface area contributed by atoms with Gasteiger partial charge in [-0.05, 0) is 40.0 Å². The standard InChI is InChI=1S/C10H17NO/c1-9(6-8-11)5-4-7-10(2,3)12/h6,12H,4-5,7H2,1-3H3/b9-6-. The van der Waals surface area contributed by atoms with Crippen molar-refractivity contribution in [1.82, 2.24) is 0 Å². The van der Waals surface area contributed by atoms with Crippen LogP contribution in [0.2, 0.25) is 0 Å². The predicted octanol–water partition coefficient (Wildman–Crippen LogP) is 2.40. The highest BCUT2D eigenvalue weighted by Gasteiger charge is 2.10. The van der Waals surface area contributed by atoms with Gasteiger partial charge >= 0.3 is 0 Å². The molecular formula is C10H17NO. The molecule has 0 aromatic carbocycles. The van der Waals surface area contributed by atoms with Crippen LogP contribution >= 0.6 is 0 Å². The zero-order chi connectivity index (χ0) is 9.61. The van der Waals surface area contributed by atoms with E-state index in [0.717, 1.165) is 24.8 Å². The molecule has 0 aromatic heterocycles. The van der Waals surface area contributed by atoms with E-state index < -0.39 is 5.60 Å². The van der Waals surface area contributed by atoms with Crippen LogP contribution in [0.3, 0.4) is 0 Å². The van der Waals surface area contributed by atoms with Crippen molar-refractivity contribution in [2.45, 2.75) is 45.6 Å². The van der Waals surface area contributed by atoms with E-state index in [2.05, 4.69) is 0 Å². The molecule has 0 unspecified atom stereocenters. The summed E-state index contributed by atoms with van der Waals surface area (Å²) in [5, 5.41) is 17.7. The van der Waals surface area contributed by atoms with Gasteiger partial charge in [0.25, 0.3) is 0 Å². The fourth-order valence-corrected chi connectivity index (χ4v) is 0.982. The first-order chi connectivity index (χ1) is 5.45. The Balaban J connectivity index is 3.59. The summed E-state index contributed by atoms with van der Waals surface area (Å²) in [4.78, 5) is 0. The Morgan fingerprint density at radius 2 is 2.17 bits per heavy atom. The molecule has 0 heterocycles. The van der Waals surface area contributed by atoms with Crippen molar-refractivity contribution in [2.75, 3.05) is 0 Å². The Bertz CT molecular complexity index is 193. The van der Waals surface area contributed by atoms with Gasteiger partial charge < -0.3 is 5.11 Å². The third-order valence-electron chi connectivity index (χ3n) is 1.67. The Morgan fingerprint density at radius 3 is 2.58 bits per heavy atom. The molecule has 1 N–H and O–H groups in total. The van der Waals surface area contributed by atoms with Crippen LogP contribution in [0.1, 0.15) is 40.0 Å². The van der Waals surface area contributed by atoms with Gasteiger partial charge in [-0.1, -0.05) is 5.57 Å². The first-order valence-corrected chi connectivity index (χ1v) is 4.23. The molecule has 0 radical (unpaired) electrons. The van der Waals surface area contributed by atoms with E-state index in [-0.39, 0.29) is 0 Å². The predicted molar refractivity (Wildman–Crippen MR) is 49.5 cm³/mol. The van der Waals surface area contributed by atoms with E-state index in [9.17, 15) is 5.11 Å². The summed E-state index contributed by atoms with van der Waals surface area (Å²) in [6.07, 6.45) is 4.18. The molecular weight excluding hydrogens is 150 g/mol. The molecule has 0 atom stereocenters. The number of allylic oxidation sites excluding steroid dienone is 2. The van der Waals surface area contributed by atoms with Crippen molar-refractivity contribution in [2.24, 2.45) is 0 Å². The third-order valence-corrected chi connectivity index (χ3v) is 1.67. The van der Waals surface area contributed by atoms with Gasteiger partial charge in [0.05, 0.1) is 11.7 Å². The number of rotatable bonds is 4. The highest BCUT2D eigenvalue weighted by molar-refractivity contribution is 5.10. The van der Waals surface area contributed by atoms with Crippen molar-refractivity contribution >= 4 is 0 Å². The summed E-state index contributed by atoms with van der Waals surface area (Å²) in [5.74, 6) is 0. The zero-order valence-electron chi connectivity index (χ0n) is 8.09. The monoisotopic (exact) mass is 167 g/mol. The molecule has 0 saturated carbocycles. The summed E-state index contributed by atoms with van der Waals surface area (Å²) < 4.78 is 0. The Hall–Kier alpha value is -0.810. The number of nitrogens with zero attached hydrogens (tertiary/aromatic N) is 1. The molecule has 2 heteroatoms. The molecule has 0 bridgehead atoms. The minimum atomic E-state index is -0.576. The molecule has 12 heavy (non-hydrogen) atoms. The minimum Gasteiger partial charge on any atom is -0.390 e. The summed E-state index contributed by atoms with van der Waals surface area (Å²) in [6.45, 7) is 5.54. The van der Waals surface area contributed by atoms with E-state index in [0.29, 0.717) is 0 Å². The largest absolute Gasteiger partial charge is 0.390 e. The second-order valence-electron chi connectivity index (χ2n) is 3.79. The average molecular weight is 167 g/mol. The van der Waals surface area contributed by atoms with Gasteiger partial charge in [0, 0.05) is 6.08 Å². The molecule has 68 valence electrons. The van der Waals surface area contributed by atoms with Gasteiger partial charge in [-0.25, -0.2) is 0 Å². The number of hydrogen-bond donors (Lipinski definition) is 1. The summed E-state index contributed by atoms with van der Waals surface area (Å²) in [5.41, 5.74) is 0.508. The van der Waals surface area contributed by atoms with Gasteiger partial charge in [0.15, 0.2) is 0 Å². The van der Waals surface area contributed by atoms with Gasteiger partial charge in [-0.15, -0.1) is 0 Å². The van der Waals surface area contributed by atoms with Crippen LogP contribution < -0.4 is 0 Å². The number of aliphatic hydroxyl groups is 1. The lowest BCUT2D eigenvalue weighted by molar-refractivity contribution is 0.0689. The quantitative estimate of drug-likeness (QED) is 0.653. The topological polar surface area (TPSA) is 44.0 Å². The molecule has 0 aromatic rings. The SMILES string of the molecule is C/C(=C/C#N)CCCC(C)(C)O. The van der Waals surface area contributed by atoms with E-state index in [1.165, 1.54) is 0 Å². The maximum atomic E-state index is 9.38. The van der Waals surface area contributed by atoms with Crippen LogP contribution in [0, 0.1) is 11.3 Å². The molecule has 0 aliphatic carbocycles. The number of nitriles is 1. The van der Waals surface area contributed by atoms with E-state index in [1.807, 2.05) is 13.0 Å². The molecule has 0 spiro atoms. The van der Waals surface area contributed by atoms with Crippen LogP contribution in [0.15, 0.2) is 11.6 Å². The molecule has 0 amide bonds. The third kappa shape index (κ3) is 7.30. The maximum Gasteiger partial charge on any atom is 0.0911 e. The zero-order valence-corrected chi connectivity index (χ0v) is 8.09. The van der Waals surface area contributed by atoms with E-state index in [4.69, 9.17) is 5.26 Å². The number of hydrogen-bond acceptors (Lipinski definition) is 2. The van der Waals surface area contributed by atoms with Crippen molar-refractivity contribution in [3.05, 3.63) is 11.6 Å². The molecule has 0 aliphatic heterocycles. The molecule has 0 fully saturated rings. The van der Waals surface area contributed by atoms with Crippen LogP contribution in [-0.2, 0) is 0 Å². The van der Waals surface area contributed by atoms with Crippen LogP contribution in [0.5, 0.6) is 0 Å². The second-order valence-corrected chi connectivity index (χ2v) is 3.79. The van der Waals surface area contributed by atoms with Crippen LogP contribution in [0.4, 0.5) is 0 Å². The second kappa shape index (κ2) is 4.95. The average Bonchev–Trinajstić information content (AvgIpc) is 1.84. The van der Waals surface area contributed by atoms with Crippen LogP contribution in [-0.4, -0.2) is 10.7 Å². The lowest BCUT2D eigenvalue weighted by Gasteiger charge is -2.16. The smallest absolute Gasteiger partial charge is 0.0911 e. The van der Waals surface area contributed by atoms with Gasteiger partial charge in [0.1, 0.15) is 0 Å². The molecule has 0 rings (SSSR count). The summed E-state index contributed by atoms with van der Waals surface area (Å²) in [6, 6.07) is 1.99. The van der Waals surface area contributed by atoms with E-state index >= 15 is 0 Å². The normalized spacial score (nSPS) is 12.8. The van der Waals surface area contributed by atoms with Gasteiger partial charge in [0.2, 0.25) is 0 Å². The van der Waals surface area contributed by atoms with E-state index in [1.54, 1.807) is 19.9 Å². The summed E-state index contributed by atoms with van der Waals surface area (Å²) in [7, 11) is 0. The van der Waals surface area contributed by atoms with Crippen molar-refractivity contribution in [3.63, 3.8) is 0 Å². The fraction of sp³-hybridized carbons (Fsp3) is 0.700. The lowest BCUT2D eigenvalue weighted by Crippen LogP contribution is -2.17. The molecule has 0 saturated heterocycles. The first-order valence-electron chi connectivity index (χ1n) is 4.23. The van der Waals surface area contributed by atoms with Gasteiger partial charge in [-0.3, -0.25) is 0 Å². The fourth-order valence-electron chi connectivity index (χ4n) is 0.982. The highest BCUT2D eigenvalue weighted by Crippen LogP contribution is 2.14. The minimum absolute atomic E-state index is 0.576. The molecule has 2 nitrogen and oxygen atoms in total. The van der Waals surface area contributed by atoms with Crippen molar-refractivity contribution in [1.29, 1.82) is 5.26 Å². The first kappa shape index (κ1) is 11.2.